The van der Waals surface area contributed by atoms with Crippen LogP contribution in [0.25, 0.3) is 0 Å². The van der Waals surface area contributed by atoms with E-state index in [-0.39, 0.29) is 18.1 Å². The Kier molecular flexibility index (Phi) is 6.86. The number of rotatable bonds is 7. The molecule has 2 heteroatoms. The molecule has 0 aliphatic heterocycles. The van der Waals surface area contributed by atoms with Crippen molar-refractivity contribution in [3.8, 4) is 0 Å². The van der Waals surface area contributed by atoms with Crippen LogP contribution >= 0.6 is 0 Å². The lowest BCUT2D eigenvalue weighted by atomic mass is 9.88. The minimum Gasteiger partial charge on any atom is -0.395 e. The Morgan fingerprint density at radius 3 is 2.40 bits per heavy atom. The molecule has 90 valence electrons. The zero-order valence-corrected chi connectivity index (χ0v) is 10.7. The SMILES string of the molecule is C=CCCC(C)NC(CO)CC(C)(C)C. The molecule has 2 nitrogen and oxygen atoms in total. The van der Waals surface area contributed by atoms with E-state index in [1.807, 2.05) is 6.08 Å². The van der Waals surface area contributed by atoms with Gasteiger partial charge in [-0.05, 0) is 31.6 Å². The Balaban J connectivity index is 3.92. The monoisotopic (exact) mass is 213 g/mol. The van der Waals surface area contributed by atoms with Gasteiger partial charge in [0.2, 0.25) is 0 Å². The fraction of sp³-hybridized carbons (Fsp3) is 0.846. The quantitative estimate of drug-likeness (QED) is 0.637. The molecule has 2 unspecified atom stereocenters. The molecule has 0 aromatic rings. The molecule has 0 aliphatic rings. The van der Waals surface area contributed by atoms with E-state index >= 15 is 0 Å². The maximum absolute atomic E-state index is 9.28. The lowest BCUT2D eigenvalue weighted by Crippen LogP contribution is -2.41. The fourth-order valence-electron chi connectivity index (χ4n) is 1.77. The third kappa shape index (κ3) is 8.64. The first kappa shape index (κ1) is 14.7. The molecule has 0 aliphatic carbocycles. The molecule has 0 fully saturated rings. The summed E-state index contributed by atoms with van der Waals surface area (Å²) in [5.74, 6) is 0. The van der Waals surface area contributed by atoms with Gasteiger partial charge in [0.1, 0.15) is 0 Å². The molecule has 0 heterocycles. The van der Waals surface area contributed by atoms with Crippen molar-refractivity contribution < 1.29 is 5.11 Å². The van der Waals surface area contributed by atoms with Gasteiger partial charge in [0.05, 0.1) is 6.61 Å². The van der Waals surface area contributed by atoms with E-state index in [0.717, 1.165) is 19.3 Å². The van der Waals surface area contributed by atoms with Crippen molar-refractivity contribution >= 4 is 0 Å². The molecule has 2 atom stereocenters. The largest absolute Gasteiger partial charge is 0.395 e. The van der Waals surface area contributed by atoms with Crippen LogP contribution in [0.3, 0.4) is 0 Å². The average Bonchev–Trinajstić information content (AvgIpc) is 2.11. The zero-order valence-electron chi connectivity index (χ0n) is 10.7. The van der Waals surface area contributed by atoms with Crippen molar-refractivity contribution in [3.63, 3.8) is 0 Å². The van der Waals surface area contributed by atoms with E-state index < -0.39 is 0 Å². The third-order valence-electron chi connectivity index (χ3n) is 2.40. The molecule has 0 bridgehead atoms. The predicted octanol–water partition coefficient (Wildman–Crippen LogP) is 2.73. The molecular weight excluding hydrogens is 186 g/mol. The molecule has 0 saturated heterocycles. The molecule has 2 N–H and O–H groups in total. The molecule has 0 aromatic heterocycles. The highest BCUT2D eigenvalue weighted by Crippen LogP contribution is 2.21. The molecule has 15 heavy (non-hydrogen) atoms. The maximum atomic E-state index is 9.28. The summed E-state index contributed by atoms with van der Waals surface area (Å²) < 4.78 is 0. The average molecular weight is 213 g/mol. The summed E-state index contributed by atoms with van der Waals surface area (Å²) >= 11 is 0. The van der Waals surface area contributed by atoms with Crippen LogP contribution in [0.2, 0.25) is 0 Å². The van der Waals surface area contributed by atoms with Crippen LogP contribution in [0.15, 0.2) is 12.7 Å². The second-order valence-electron chi connectivity index (χ2n) is 5.58. The minimum absolute atomic E-state index is 0.213. The van der Waals surface area contributed by atoms with Crippen LogP contribution in [0, 0.1) is 5.41 Å². The summed E-state index contributed by atoms with van der Waals surface area (Å²) in [5.41, 5.74) is 0.262. The van der Waals surface area contributed by atoms with Gasteiger partial charge in [-0.3, -0.25) is 0 Å². The van der Waals surface area contributed by atoms with E-state index in [1.165, 1.54) is 0 Å². The number of hydrogen-bond acceptors (Lipinski definition) is 2. The molecule has 0 rings (SSSR count). The van der Waals surface area contributed by atoms with Crippen LogP contribution < -0.4 is 5.32 Å². The first-order valence-electron chi connectivity index (χ1n) is 5.87. The molecular formula is C13H27NO. The smallest absolute Gasteiger partial charge is 0.0584 e. The zero-order chi connectivity index (χ0) is 11.9. The fourth-order valence-corrected chi connectivity index (χ4v) is 1.77. The summed E-state index contributed by atoms with van der Waals surface area (Å²) in [4.78, 5) is 0. The highest BCUT2D eigenvalue weighted by atomic mass is 16.3. The minimum atomic E-state index is 0.213. The Morgan fingerprint density at radius 2 is 2.00 bits per heavy atom. The number of aliphatic hydroxyl groups is 1. The van der Waals surface area contributed by atoms with Gasteiger partial charge >= 0.3 is 0 Å². The van der Waals surface area contributed by atoms with Gasteiger partial charge in [-0.2, -0.15) is 0 Å². The summed E-state index contributed by atoms with van der Waals surface area (Å²) in [6.45, 7) is 12.7. The van der Waals surface area contributed by atoms with E-state index in [1.54, 1.807) is 0 Å². The maximum Gasteiger partial charge on any atom is 0.0584 e. The number of nitrogens with one attached hydrogen (secondary N) is 1. The topological polar surface area (TPSA) is 32.3 Å². The van der Waals surface area contributed by atoms with Gasteiger partial charge in [-0.25, -0.2) is 0 Å². The van der Waals surface area contributed by atoms with E-state index in [0.29, 0.717) is 6.04 Å². The van der Waals surface area contributed by atoms with Crippen LogP contribution in [0.1, 0.15) is 47.0 Å². The third-order valence-corrected chi connectivity index (χ3v) is 2.40. The van der Waals surface area contributed by atoms with Gasteiger partial charge < -0.3 is 10.4 Å². The Morgan fingerprint density at radius 1 is 1.40 bits per heavy atom. The lowest BCUT2D eigenvalue weighted by Gasteiger charge is -2.28. The van der Waals surface area contributed by atoms with Crippen molar-refractivity contribution in [2.75, 3.05) is 6.61 Å². The van der Waals surface area contributed by atoms with Crippen LogP contribution in [0.4, 0.5) is 0 Å². The standard InChI is InChI=1S/C13H27NO/c1-6-7-8-11(2)14-12(10-15)9-13(3,4)5/h6,11-12,14-15H,1,7-10H2,2-5H3. The van der Waals surface area contributed by atoms with Crippen molar-refractivity contribution in [3.05, 3.63) is 12.7 Å². The Hall–Kier alpha value is -0.340. The summed E-state index contributed by atoms with van der Waals surface area (Å²) in [6, 6.07) is 0.660. The highest BCUT2D eigenvalue weighted by Gasteiger charge is 2.19. The van der Waals surface area contributed by atoms with Gasteiger partial charge in [0.25, 0.3) is 0 Å². The molecule has 0 amide bonds. The second-order valence-corrected chi connectivity index (χ2v) is 5.58. The number of hydrogen-bond donors (Lipinski definition) is 2. The normalized spacial score (nSPS) is 16.1. The van der Waals surface area contributed by atoms with Gasteiger partial charge in [-0.1, -0.05) is 26.8 Å². The second kappa shape index (κ2) is 7.02. The molecule has 0 radical (unpaired) electrons. The first-order chi connectivity index (χ1) is 6.89. The summed E-state index contributed by atoms with van der Waals surface area (Å²) in [6.07, 6.45) is 5.06. The van der Waals surface area contributed by atoms with Crippen molar-refractivity contribution in [1.29, 1.82) is 0 Å². The van der Waals surface area contributed by atoms with Crippen molar-refractivity contribution in [1.82, 2.24) is 5.32 Å². The van der Waals surface area contributed by atoms with Crippen LogP contribution in [-0.2, 0) is 0 Å². The summed E-state index contributed by atoms with van der Waals surface area (Å²) in [7, 11) is 0. The summed E-state index contributed by atoms with van der Waals surface area (Å²) in [5, 5.41) is 12.7. The Labute approximate surface area is 94.8 Å². The molecule has 0 saturated carbocycles. The predicted molar refractivity (Wildman–Crippen MR) is 67.0 cm³/mol. The van der Waals surface area contributed by atoms with Gasteiger partial charge in [0.15, 0.2) is 0 Å². The highest BCUT2D eigenvalue weighted by molar-refractivity contribution is 4.78. The van der Waals surface area contributed by atoms with Crippen LogP contribution in [-0.4, -0.2) is 23.8 Å². The van der Waals surface area contributed by atoms with E-state index in [4.69, 9.17) is 0 Å². The number of aliphatic hydroxyl groups excluding tert-OH is 1. The molecule has 0 spiro atoms. The van der Waals surface area contributed by atoms with E-state index in [9.17, 15) is 5.11 Å². The van der Waals surface area contributed by atoms with Crippen molar-refractivity contribution in [2.45, 2.75) is 59.0 Å². The lowest BCUT2D eigenvalue weighted by molar-refractivity contribution is 0.189. The van der Waals surface area contributed by atoms with Gasteiger partial charge in [-0.15, -0.1) is 6.58 Å². The number of allylic oxidation sites excluding steroid dienone is 1. The van der Waals surface area contributed by atoms with Gasteiger partial charge in [0, 0.05) is 12.1 Å². The van der Waals surface area contributed by atoms with E-state index in [2.05, 4.69) is 39.6 Å². The van der Waals surface area contributed by atoms with Crippen molar-refractivity contribution in [2.24, 2.45) is 5.41 Å². The molecule has 0 aromatic carbocycles. The first-order valence-corrected chi connectivity index (χ1v) is 5.87. The Bertz CT molecular complexity index is 172. The van der Waals surface area contributed by atoms with Crippen LogP contribution in [0.5, 0.6) is 0 Å².